The lowest BCUT2D eigenvalue weighted by Gasteiger charge is -2.34. The van der Waals surface area contributed by atoms with E-state index in [0.717, 1.165) is 61.9 Å². The molecule has 0 bridgehead atoms. The lowest BCUT2D eigenvalue weighted by atomic mass is 9.99. The Labute approximate surface area is 191 Å². The van der Waals surface area contributed by atoms with Crippen molar-refractivity contribution in [2.24, 2.45) is 4.99 Å². The monoisotopic (exact) mass is 511 g/mol. The van der Waals surface area contributed by atoms with Crippen molar-refractivity contribution >= 4 is 29.9 Å². The molecule has 29 heavy (non-hydrogen) atoms. The van der Waals surface area contributed by atoms with Crippen LogP contribution in [0, 0.1) is 0 Å². The number of benzene rings is 1. The molecule has 1 atom stereocenters. The van der Waals surface area contributed by atoms with E-state index in [4.69, 9.17) is 4.52 Å². The summed E-state index contributed by atoms with van der Waals surface area (Å²) < 4.78 is 5.45. The predicted octanol–water partition coefficient (Wildman–Crippen LogP) is 3.53. The van der Waals surface area contributed by atoms with Gasteiger partial charge < -0.3 is 15.2 Å². The van der Waals surface area contributed by atoms with Crippen LogP contribution in [0.4, 0.5) is 0 Å². The summed E-state index contributed by atoms with van der Waals surface area (Å²) >= 11 is 0. The minimum absolute atomic E-state index is 0. The smallest absolute Gasteiger partial charge is 0.191 e. The summed E-state index contributed by atoms with van der Waals surface area (Å²) in [5.41, 5.74) is 5.13. The van der Waals surface area contributed by atoms with Crippen molar-refractivity contribution in [1.82, 2.24) is 20.7 Å². The molecule has 1 aliphatic rings. The Morgan fingerprint density at radius 2 is 1.97 bits per heavy atom. The van der Waals surface area contributed by atoms with E-state index in [9.17, 15) is 0 Å². The van der Waals surface area contributed by atoms with Crippen molar-refractivity contribution in [3.8, 4) is 0 Å². The summed E-state index contributed by atoms with van der Waals surface area (Å²) in [6.07, 6.45) is 2.85. The fourth-order valence-corrected chi connectivity index (χ4v) is 3.80. The van der Waals surface area contributed by atoms with Crippen LogP contribution in [0.3, 0.4) is 0 Å². The Hall–Kier alpha value is -1.61. The Bertz CT molecular complexity index is 783. The zero-order valence-corrected chi connectivity index (χ0v) is 20.3. The van der Waals surface area contributed by atoms with Crippen LogP contribution < -0.4 is 10.6 Å². The molecule has 3 rings (SSSR count). The van der Waals surface area contributed by atoms with Crippen LogP contribution in [0.5, 0.6) is 0 Å². The molecule has 1 aromatic heterocycles. The fraction of sp³-hybridized carbons (Fsp3) is 0.545. The first-order valence-electron chi connectivity index (χ1n) is 10.4. The molecule has 160 valence electrons. The fourth-order valence-electron chi connectivity index (χ4n) is 3.80. The van der Waals surface area contributed by atoms with Gasteiger partial charge in [-0.2, -0.15) is 0 Å². The van der Waals surface area contributed by atoms with Gasteiger partial charge in [-0.25, -0.2) is 0 Å². The molecule has 1 aliphatic heterocycles. The number of nitrogens with zero attached hydrogens (tertiary/aromatic N) is 3. The second-order valence-electron chi connectivity index (χ2n) is 7.38. The van der Waals surface area contributed by atoms with Gasteiger partial charge in [0, 0.05) is 51.3 Å². The number of nitrogens with one attached hydrogen (secondary N) is 2. The summed E-state index contributed by atoms with van der Waals surface area (Å²) in [6.45, 7) is 10.1. The number of rotatable bonds is 7. The normalized spacial score (nSPS) is 15.4. The van der Waals surface area contributed by atoms with Crippen molar-refractivity contribution in [3.63, 3.8) is 0 Å². The minimum atomic E-state index is 0. The van der Waals surface area contributed by atoms with Gasteiger partial charge in [0.15, 0.2) is 5.96 Å². The van der Waals surface area contributed by atoms with Gasteiger partial charge in [0.2, 0.25) is 0 Å². The maximum atomic E-state index is 5.45. The van der Waals surface area contributed by atoms with E-state index in [0.29, 0.717) is 12.6 Å². The number of fused-ring (bicyclic) bond motifs is 1. The third kappa shape index (κ3) is 5.94. The molecule has 0 saturated heterocycles. The maximum absolute atomic E-state index is 5.45. The molecular formula is C22H34IN5O. The molecule has 0 radical (unpaired) electrons. The van der Waals surface area contributed by atoms with Crippen LogP contribution in [0.25, 0.3) is 0 Å². The summed E-state index contributed by atoms with van der Waals surface area (Å²) in [5.74, 6) is 1.77. The van der Waals surface area contributed by atoms with Gasteiger partial charge in [-0.15, -0.1) is 24.0 Å². The molecule has 6 nitrogen and oxygen atoms in total. The third-order valence-electron chi connectivity index (χ3n) is 5.61. The minimum Gasteiger partial charge on any atom is -0.361 e. The highest BCUT2D eigenvalue weighted by molar-refractivity contribution is 14.0. The van der Waals surface area contributed by atoms with E-state index in [1.165, 1.54) is 11.1 Å². The topological polar surface area (TPSA) is 65.7 Å². The van der Waals surface area contributed by atoms with Gasteiger partial charge in [-0.1, -0.05) is 43.3 Å². The zero-order chi connectivity index (χ0) is 19.9. The molecule has 1 aromatic carbocycles. The van der Waals surface area contributed by atoms with E-state index in [-0.39, 0.29) is 24.0 Å². The lowest BCUT2D eigenvalue weighted by molar-refractivity contribution is 0.191. The molecule has 0 fully saturated rings. The highest BCUT2D eigenvalue weighted by atomic mass is 127. The Morgan fingerprint density at radius 1 is 1.21 bits per heavy atom. The SMILES string of the molecule is CCc1noc(CC)c1CNC(=NC)NCC(C)N1CCc2ccccc2C1.I. The molecule has 0 spiro atoms. The number of guanidine groups is 1. The molecule has 7 heteroatoms. The number of halogens is 1. The van der Waals surface area contributed by atoms with Gasteiger partial charge in [0.25, 0.3) is 0 Å². The van der Waals surface area contributed by atoms with Gasteiger partial charge >= 0.3 is 0 Å². The summed E-state index contributed by atoms with van der Waals surface area (Å²) in [4.78, 5) is 6.91. The molecule has 2 N–H and O–H groups in total. The van der Waals surface area contributed by atoms with Crippen molar-refractivity contribution in [3.05, 3.63) is 52.4 Å². The van der Waals surface area contributed by atoms with Crippen LogP contribution >= 0.6 is 24.0 Å². The van der Waals surface area contributed by atoms with Crippen molar-refractivity contribution in [2.75, 3.05) is 20.1 Å². The van der Waals surface area contributed by atoms with Crippen LogP contribution in [-0.2, 0) is 32.4 Å². The zero-order valence-electron chi connectivity index (χ0n) is 18.0. The molecular weight excluding hydrogens is 477 g/mol. The third-order valence-corrected chi connectivity index (χ3v) is 5.61. The lowest BCUT2D eigenvalue weighted by Crippen LogP contribution is -2.47. The maximum Gasteiger partial charge on any atom is 0.191 e. The van der Waals surface area contributed by atoms with Crippen LogP contribution in [-0.4, -0.2) is 42.2 Å². The Balaban J connectivity index is 0.00000300. The average molecular weight is 511 g/mol. The molecule has 0 saturated carbocycles. The van der Waals surface area contributed by atoms with E-state index in [1.54, 1.807) is 0 Å². The van der Waals surface area contributed by atoms with Crippen molar-refractivity contribution in [1.29, 1.82) is 0 Å². The first-order chi connectivity index (χ1) is 13.7. The molecule has 2 aromatic rings. The highest BCUT2D eigenvalue weighted by Gasteiger charge is 2.20. The quantitative estimate of drug-likeness (QED) is 0.339. The highest BCUT2D eigenvalue weighted by Crippen LogP contribution is 2.20. The molecule has 1 unspecified atom stereocenters. The van der Waals surface area contributed by atoms with Gasteiger partial charge in [-0.3, -0.25) is 9.89 Å². The molecule has 2 heterocycles. The van der Waals surface area contributed by atoms with Crippen LogP contribution in [0.2, 0.25) is 0 Å². The van der Waals surface area contributed by atoms with Crippen LogP contribution in [0.1, 0.15) is 48.9 Å². The van der Waals surface area contributed by atoms with E-state index >= 15 is 0 Å². The Kier molecular flexibility index (Phi) is 9.42. The number of aryl methyl sites for hydroxylation is 2. The summed E-state index contributed by atoms with van der Waals surface area (Å²) in [5, 5.41) is 11.1. The predicted molar refractivity (Wildman–Crippen MR) is 129 cm³/mol. The van der Waals surface area contributed by atoms with Gasteiger partial charge in [0.05, 0.1) is 5.69 Å². The van der Waals surface area contributed by atoms with Crippen molar-refractivity contribution < 1.29 is 4.52 Å². The Morgan fingerprint density at radius 3 is 2.66 bits per heavy atom. The van der Waals surface area contributed by atoms with E-state index < -0.39 is 0 Å². The van der Waals surface area contributed by atoms with E-state index in [1.807, 2.05) is 7.05 Å². The number of aliphatic imine (C=N–C) groups is 1. The van der Waals surface area contributed by atoms with Crippen LogP contribution in [0.15, 0.2) is 33.8 Å². The summed E-state index contributed by atoms with van der Waals surface area (Å²) in [6, 6.07) is 9.20. The van der Waals surface area contributed by atoms with E-state index in [2.05, 4.69) is 70.7 Å². The average Bonchev–Trinajstić information content (AvgIpc) is 3.15. The number of hydrogen-bond acceptors (Lipinski definition) is 4. The standard InChI is InChI=1S/C22H33N5O.HI/c1-5-20-19(21(6-2)28-26-20)14-25-22(23-4)24-13-16(3)27-12-11-17-9-7-8-10-18(17)15-27;/h7-10,16H,5-6,11-15H2,1-4H3,(H2,23,24,25);1H. The first kappa shape index (κ1) is 23.7. The number of aromatic nitrogens is 1. The van der Waals surface area contributed by atoms with Gasteiger partial charge in [-0.05, 0) is 30.9 Å². The molecule has 0 amide bonds. The summed E-state index contributed by atoms with van der Waals surface area (Å²) in [7, 11) is 1.81. The van der Waals surface area contributed by atoms with Crippen molar-refractivity contribution in [2.45, 2.75) is 59.2 Å². The van der Waals surface area contributed by atoms with Gasteiger partial charge in [0.1, 0.15) is 5.76 Å². The second kappa shape index (κ2) is 11.5. The number of hydrogen-bond donors (Lipinski definition) is 2. The molecule has 0 aliphatic carbocycles. The first-order valence-corrected chi connectivity index (χ1v) is 10.4. The second-order valence-corrected chi connectivity index (χ2v) is 7.38. The largest absolute Gasteiger partial charge is 0.361 e.